The molecule has 0 bridgehead atoms. The third-order valence-electron chi connectivity index (χ3n) is 5.48. The van der Waals surface area contributed by atoms with Crippen LogP contribution < -0.4 is 21.7 Å². The van der Waals surface area contributed by atoms with Gasteiger partial charge < -0.3 is 42.0 Å². The Bertz CT molecular complexity index is 1040. The highest BCUT2D eigenvalue weighted by molar-refractivity contribution is 5.94. The number of hydrogen-bond donors (Lipinski definition) is 8. The van der Waals surface area contributed by atoms with Gasteiger partial charge in [0.15, 0.2) is 0 Å². The van der Waals surface area contributed by atoms with Crippen molar-refractivity contribution in [3.8, 4) is 5.75 Å². The van der Waals surface area contributed by atoms with Crippen molar-refractivity contribution in [1.82, 2.24) is 25.9 Å². The predicted octanol–water partition coefficient (Wildman–Crippen LogP) is -1.19. The van der Waals surface area contributed by atoms with Crippen LogP contribution in [0.4, 0.5) is 0 Å². The summed E-state index contributed by atoms with van der Waals surface area (Å²) in [5.41, 5.74) is 7.00. The number of nitrogens with one attached hydrogen (secondary N) is 4. The van der Waals surface area contributed by atoms with E-state index < -0.39 is 54.5 Å². The number of aliphatic carboxylic acids is 1. The van der Waals surface area contributed by atoms with Crippen LogP contribution in [-0.4, -0.2) is 79.8 Å². The van der Waals surface area contributed by atoms with Crippen LogP contribution in [0.2, 0.25) is 0 Å². The Labute approximate surface area is 213 Å². The Morgan fingerprint density at radius 2 is 1.54 bits per heavy atom. The molecule has 0 fully saturated rings. The molecule has 13 heteroatoms. The molecule has 1 heterocycles. The number of carboxylic acid groups (broad SMARTS) is 1. The molecule has 0 radical (unpaired) electrons. The summed E-state index contributed by atoms with van der Waals surface area (Å²) in [6.45, 7) is 2.98. The normalized spacial score (nSPS) is 14.3. The number of hydrogen-bond acceptors (Lipinski definition) is 8. The third kappa shape index (κ3) is 9.54. The maximum Gasteiger partial charge on any atom is 0.326 e. The second kappa shape index (κ2) is 13.9. The van der Waals surface area contributed by atoms with Crippen LogP contribution in [0.5, 0.6) is 5.75 Å². The Hall–Kier alpha value is -3.97. The molecule has 4 atom stereocenters. The summed E-state index contributed by atoms with van der Waals surface area (Å²) in [7, 11) is 0. The maximum absolute atomic E-state index is 13.0. The number of phenolic OH excluding ortho intramolecular Hbond substituents is 1. The number of carbonyl (C=O) groups is 4. The molecule has 0 saturated heterocycles. The summed E-state index contributed by atoms with van der Waals surface area (Å²) in [6, 6.07) is 0.926. The number of aromatic amines is 1. The number of nitrogens with zero attached hydrogens (tertiary/aromatic N) is 1. The molecule has 202 valence electrons. The standard InChI is InChI=1S/C24H34N6O7/c1-13(2)7-17(25)21(33)28-18(9-15-10-26-12-27-15)22(34)30-20(11-31)23(35)29-19(24(36)37)8-14-3-5-16(32)6-4-14/h3-6,10,12-13,17-20,31-32H,7-9,11,25H2,1-2H3,(H,26,27)(H,28,33)(H,29,35)(H,30,34)(H,36,37). The van der Waals surface area contributed by atoms with Crippen LogP contribution in [0, 0.1) is 5.92 Å². The van der Waals surface area contributed by atoms with Crippen LogP contribution in [0.3, 0.4) is 0 Å². The van der Waals surface area contributed by atoms with E-state index in [1.807, 2.05) is 13.8 Å². The van der Waals surface area contributed by atoms with Crippen molar-refractivity contribution >= 4 is 23.7 Å². The average molecular weight is 519 g/mol. The molecule has 9 N–H and O–H groups in total. The zero-order valence-electron chi connectivity index (χ0n) is 20.7. The molecule has 0 aliphatic heterocycles. The molecule has 1 aromatic carbocycles. The maximum atomic E-state index is 13.0. The lowest BCUT2D eigenvalue weighted by Crippen LogP contribution is -2.58. The smallest absolute Gasteiger partial charge is 0.326 e. The molecule has 0 aliphatic rings. The first-order valence-electron chi connectivity index (χ1n) is 11.8. The number of amides is 3. The van der Waals surface area contributed by atoms with Gasteiger partial charge in [-0.05, 0) is 30.0 Å². The summed E-state index contributed by atoms with van der Waals surface area (Å²) >= 11 is 0. The number of benzene rings is 1. The summed E-state index contributed by atoms with van der Waals surface area (Å²) < 4.78 is 0. The van der Waals surface area contributed by atoms with Crippen LogP contribution in [0.25, 0.3) is 0 Å². The van der Waals surface area contributed by atoms with Gasteiger partial charge >= 0.3 is 5.97 Å². The molecule has 1 aromatic heterocycles. The predicted molar refractivity (Wildman–Crippen MR) is 132 cm³/mol. The monoisotopic (exact) mass is 518 g/mol. The van der Waals surface area contributed by atoms with Crippen LogP contribution in [0.1, 0.15) is 31.5 Å². The zero-order valence-corrected chi connectivity index (χ0v) is 20.7. The highest BCUT2D eigenvalue weighted by atomic mass is 16.4. The second-order valence-corrected chi connectivity index (χ2v) is 9.09. The van der Waals surface area contributed by atoms with Crippen molar-refractivity contribution in [2.24, 2.45) is 11.7 Å². The largest absolute Gasteiger partial charge is 0.508 e. The summed E-state index contributed by atoms with van der Waals surface area (Å²) in [5, 5.41) is 35.9. The first-order chi connectivity index (χ1) is 17.5. The SMILES string of the molecule is CC(C)CC(N)C(=O)NC(Cc1cnc[nH]1)C(=O)NC(CO)C(=O)NC(Cc1ccc(O)cc1)C(=O)O. The van der Waals surface area contributed by atoms with Gasteiger partial charge in [0.2, 0.25) is 17.7 Å². The van der Waals surface area contributed by atoms with Gasteiger partial charge in [-0.25, -0.2) is 9.78 Å². The fraction of sp³-hybridized carbons (Fsp3) is 0.458. The lowest BCUT2D eigenvalue weighted by atomic mass is 10.0. The van der Waals surface area contributed by atoms with Crippen molar-refractivity contribution in [3.05, 3.63) is 48.0 Å². The number of aromatic hydroxyl groups is 1. The number of imidazole rings is 1. The molecular weight excluding hydrogens is 484 g/mol. The summed E-state index contributed by atoms with van der Waals surface area (Å²) in [4.78, 5) is 56.8. The van der Waals surface area contributed by atoms with Crippen LogP contribution in [0.15, 0.2) is 36.8 Å². The molecule has 3 amide bonds. The molecule has 0 spiro atoms. The lowest BCUT2D eigenvalue weighted by molar-refractivity contribution is -0.142. The van der Waals surface area contributed by atoms with Gasteiger partial charge in [-0.2, -0.15) is 0 Å². The number of nitrogens with two attached hydrogens (primary N) is 1. The average Bonchev–Trinajstić information content (AvgIpc) is 3.35. The van der Waals surface area contributed by atoms with E-state index in [0.29, 0.717) is 17.7 Å². The van der Waals surface area contributed by atoms with Crippen molar-refractivity contribution in [2.75, 3.05) is 6.61 Å². The lowest BCUT2D eigenvalue weighted by Gasteiger charge is -2.24. The number of phenols is 1. The van der Waals surface area contributed by atoms with E-state index in [1.165, 1.54) is 36.8 Å². The number of H-pyrrole nitrogens is 1. The molecule has 0 saturated carbocycles. The first-order valence-corrected chi connectivity index (χ1v) is 11.8. The minimum Gasteiger partial charge on any atom is -0.508 e. The Morgan fingerprint density at radius 3 is 2.08 bits per heavy atom. The van der Waals surface area contributed by atoms with Gasteiger partial charge in [0.05, 0.1) is 19.0 Å². The molecule has 13 nitrogen and oxygen atoms in total. The number of aromatic nitrogens is 2. The molecule has 37 heavy (non-hydrogen) atoms. The van der Waals surface area contributed by atoms with Crippen molar-refractivity contribution in [3.63, 3.8) is 0 Å². The number of carbonyl (C=O) groups excluding carboxylic acids is 3. The van der Waals surface area contributed by atoms with E-state index in [2.05, 4.69) is 25.9 Å². The van der Waals surface area contributed by atoms with E-state index in [-0.39, 0.29) is 24.5 Å². The summed E-state index contributed by atoms with van der Waals surface area (Å²) in [5.74, 6) is -3.44. The minimum absolute atomic E-state index is 0.00431. The quantitative estimate of drug-likeness (QED) is 0.150. The zero-order chi connectivity index (χ0) is 27.5. The van der Waals surface area contributed by atoms with Crippen LogP contribution in [-0.2, 0) is 32.0 Å². The molecule has 4 unspecified atom stereocenters. The highest BCUT2D eigenvalue weighted by Crippen LogP contribution is 2.12. The van der Waals surface area contributed by atoms with E-state index in [0.717, 1.165) is 0 Å². The molecule has 2 rings (SSSR count). The van der Waals surface area contributed by atoms with Gasteiger partial charge in [0.25, 0.3) is 0 Å². The number of aliphatic hydroxyl groups excluding tert-OH is 1. The van der Waals surface area contributed by atoms with Crippen molar-refractivity contribution < 1.29 is 34.5 Å². The number of carboxylic acids is 1. The van der Waals surface area contributed by atoms with E-state index in [9.17, 15) is 34.5 Å². The van der Waals surface area contributed by atoms with Crippen molar-refractivity contribution in [2.45, 2.75) is 57.3 Å². The van der Waals surface area contributed by atoms with Gasteiger partial charge in [-0.3, -0.25) is 14.4 Å². The Kier molecular flexibility index (Phi) is 11.0. The van der Waals surface area contributed by atoms with Gasteiger partial charge in [-0.1, -0.05) is 26.0 Å². The van der Waals surface area contributed by atoms with Gasteiger partial charge in [0.1, 0.15) is 23.9 Å². The number of rotatable bonds is 14. The van der Waals surface area contributed by atoms with Crippen molar-refractivity contribution in [1.29, 1.82) is 0 Å². The van der Waals surface area contributed by atoms with E-state index >= 15 is 0 Å². The van der Waals surface area contributed by atoms with E-state index in [1.54, 1.807) is 0 Å². The molecule has 0 aliphatic carbocycles. The van der Waals surface area contributed by atoms with Gasteiger partial charge in [0, 0.05) is 24.7 Å². The highest BCUT2D eigenvalue weighted by Gasteiger charge is 2.30. The first kappa shape index (κ1) is 29.3. The fourth-order valence-corrected chi connectivity index (χ4v) is 3.53. The molecule has 2 aromatic rings. The minimum atomic E-state index is -1.49. The van der Waals surface area contributed by atoms with E-state index in [4.69, 9.17) is 5.73 Å². The van der Waals surface area contributed by atoms with Crippen LogP contribution >= 0.6 is 0 Å². The fourth-order valence-electron chi connectivity index (χ4n) is 3.53. The van der Waals surface area contributed by atoms with Gasteiger partial charge in [-0.15, -0.1) is 0 Å². The Balaban J connectivity index is 2.10. The summed E-state index contributed by atoms with van der Waals surface area (Å²) in [6.07, 6.45) is 3.17. The third-order valence-corrected chi connectivity index (χ3v) is 5.48. The Morgan fingerprint density at radius 1 is 0.946 bits per heavy atom. The number of aliphatic hydroxyl groups is 1. The second-order valence-electron chi connectivity index (χ2n) is 9.09. The molecular formula is C24H34N6O7. The topological polar surface area (TPSA) is 220 Å².